The molecule has 0 amide bonds. The van der Waals surface area contributed by atoms with E-state index in [0.29, 0.717) is 12.1 Å². The highest BCUT2D eigenvalue weighted by Gasteiger charge is 2.34. The van der Waals surface area contributed by atoms with Gasteiger partial charge in [0.05, 0.1) is 25.8 Å². The van der Waals surface area contributed by atoms with Crippen molar-refractivity contribution in [2.24, 2.45) is 0 Å². The summed E-state index contributed by atoms with van der Waals surface area (Å²) in [6, 6.07) is 10.9. The minimum atomic E-state index is 0.399. The van der Waals surface area contributed by atoms with E-state index in [4.69, 9.17) is 4.74 Å². The molecule has 0 N–H and O–H groups in total. The number of fused-ring (bicyclic) bond motifs is 1. The van der Waals surface area contributed by atoms with Crippen molar-refractivity contribution in [3.63, 3.8) is 0 Å². The molecular weight excluding hydrogens is 290 g/mol. The van der Waals surface area contributed by atoms with Crippen LogP contribution in [0.3, 0.4) is 0 Å². The van der Waals surface area contributed by atoms with Crippen LogP contribution in [0.15, 0.2) is 30.3 Å². The van der Waals surface area contributed by atoms with Gasteiger partial charge >= 0.3 is 0 Å². The molecule has 2 atom stereocenters. The summed E-state index contributed by atoms with van der Waals surface area (Å²) in [6.07, 6.45) is 5.41. The largest absolute Gasteiger partial charge is 0.375 e. The minimum Gasteiger partial charge on any atom is -0.375 e. The van der Waals surface area contributed by atoms with Crippen LogP contribution in [0.4, 0.5) is 0 Å². The van der Waals surface area contributed by atoms with Crippen molar-refractivity contribution in [3.05, 3.63) is 41.7 Å². The summed E-state index contributed by atoms with van der Waals surface area (Å²) in [4.78, 5) is 2.51. The third-order valence-electron chi connectivity index (χ3n) is 4.97. The number of rotatable bonds is 4. The van der Waals surface area contributed by atoms with Crippen molar-refractivity contribution in [2.45, 2.75) is 50.9 Å². The fourth-order valence-corrected chi connectivity index (χ4v) is 3.77. The van der Waals surface area contributed by atoms with Crippen molar-refractivity contribution in [3.8, 4) is 0 Å². The predicted molar refractivity (Wildman–Crippen MR) is 85.8 cm³/mol. The summed E-state index contributed by atoms with van der Waals surface area (Å²) in [5.41, 5.74) is 1.22. The molecule has 1 aromatic carbocycles. The van der Waals surface area contributed by atoms with E-state index < -0.39 is 0 Å². The van der Waals surface area contributed by atoms with Gasteiger partial charge in [0.1, 0.15) is 0 Å². The monoisotopic (exact) mass is 313 g/mol. The molecule has 1 saturated heterocycles. The van der Waals surface area contributed by atoms with Crippen LogP contribution in [0.5, 0.6) is 0 Å². The Bertz CT molecular complexity index is 627. The zero-order valence-electron chi connectivity index (χ0n) is 13.3. The Labute approximate surface area is 136 Å². The molecule has 0 spiro atoms. The van der Waals surface area contributed by atoms with Crippen LogP contribution in [0.25, 0.3) is 0 Å². The third-order valence-corrected chi connectivity index (χ3v) is 4.97. The highest BCUT2D eigenvalue weighted by molar-refractivity contribution is 5.15. The van der Waals surface area contributed by atoms with Gasteiger partial charge in [-0.2, -0.15) is 0 Å². The molecule has 2 fully saturated rings. The zero-order chi connectivity index (χ0) is 15.5. The number of hydrogen-bond acceptors (Lipinski definition) is 5. The Morgan fingerprint density at radius 1 is 1.09 bits per heavy atom. The molecule has 2 heterocycles. The number of tetrazole rings is 1. The maximum atomic E-state index is 5.96. The zero-order valence-corrected chi connectivity index (χ0v) is 13.3. The molecule has 1 saturated carbocycles. The average molecular weight is 313 g/mol. The molecule has 6 heteroatoms. The highest BCUT2D eigenvalue weighted by Crippen LogP contribution is 2.29. The van der Waals surface area contributed by atoms with E-state index in [1.54, 1.807) is 0 Å². The van der Waals surface area contributed by atoms with Gasteiger partial charge in [0.15, 0.2) is 5.82 Å². The van der Waals surface area contributed by atoms with Crippen LogP contribution >= 0.6 is 0 Å². The predicted octanol–water partition coefficient (Wildman–Crippen LogP) is 1.86. The molecule has 4 rings (SSSR count). The Kier molecular flexibility index (Phi) is 4.35. The van der Waals surface area contributed by atoms with Gasteiger partial charge in [-0.25, -0.2) is 4.68 Å². The molecule has 0 radical (unpaired) electrons. The lowest BCUT2D eigenvalue weighted by Crippen LogP contribution is -2.52. The van der Waals surface area contributed by atoms with E-state index in [2.05, 4.69) is 32.6 Å². The second-order valence-electron chi connectivity index (χ2n) is 6.47. The summed E-state index contributed by atoms with van der Waals surface area (Å²) in [5.74, 6) is 0.945. The molecule has 0 bridgehead atoms. The Balaban J connectivity index is 1.47. The Hall–Kier alpha value is -1.79. The van der Waals surface area contributed by atoms with Crippen molar-refractivity contribution in [2.75, 3.05) is 13.2 Å². The second-order valence-corrected chi connectivity index (χ2v) is 6.47. The van der Waals surface area contributed by atoms with E-state index in [1.807, 2.05) is 22.9 Å². The van der Waals surface area contributed by atoms with Crippen LogP contribution < -0.4 is 0 Å². The molecule has 1 aliphatic carbocycles. The van der Waals surface area contributed by atoms with Gasteiger partial charge in [-0.15, -0.1) is 5.10 Å². The van der Waals surface area contributed by atoms with Gasteiger partial charge in [-0.1, -0.05) is 43.2 Å². The van der Waals surface area contributed by atoms with Crippen molar-refractivity contribution >= 4 is 0 Å². The molecular formula is C17H23N5O. The lowest BCUT2D eigenvalue weighted by molar-refractivity contribution is -0.0921. The fraction of sp³-hybridized carbons (Fsp3) is 0.588. The van der Waals surface area contributed by atoms with Crippen molar-refractivity contribution in [1.29, 1.82) is 0 Å². The average Bonchev–Trinajstić information content (AvgIpc) is 3.03. The number of aromatic nitrogens is 4. The third kappa shape index (κ3) is 3.28. The number of nitrogens with zero attached hydrogens (tertiary/aromatic N) is 5. The number of ether oxygens (including phenoxy) is 1. The van der Waals surface area contributed by atoms with E-state index in [1.165, 1.54) is 31.2 Å². The first-order valence-corrected chi connectivity index (χ1v) is 8.55. The molecule has 1 aromatic heterocycles. The first-order chi connectivity index (χ1) is 11.4. The molecule has 122 valence electrons. The highest BCUT2D eigenvalue weighted by atomic mass is 16.5. The molecule has 2 aliphatic rings. The number of hydrogen-bond donors (Lipinski definition) is 0. The Morgan fingerprint density at radius 2 is 1.96 bits per heavy atom. The van der Waals surface area contributed by atoms with Gasteiger partial charge in [0.25, 0.3) is 0 Å². The molecule has 1 aliphatic heterocycles. The fourth-order valence-electron chi connectivity index (χ4n) is 3.77. The van der Waals surface area contributed by atoms with E-state index in [9.17, 15) is 0 Å². The van der Waals surface area contributed by atoms with E-state index in [0.717, 1.165) is 32.1 Å². The molecule has 6 nitrogen and oxygen atoms in total. The smallest absolute Gasteiger partial charge is 0.165 e. The molecule has 2 unspecified atom stereocenters. The number of benzene rings is 1. The van der Waals surface area contributed by atoms with E-state index >= 15 is 0 Å². The molecule has 2 aromatic rings. The summed E-state index contributed by atoms with van der Waals surface area (Å²) in [7, 11) is 0. The molecule has 23 heavy (non-hydrogen) atoms. The summed E-state index contributed by atoms with van der Waals surface area (Å²) < 4.78 is 7.88. The van der Waals surface area contributed by atoms with Crippen molar-refractivity contribution < 1.29 is 4.74 Å². The quantitative estimate of drug-likeness (QED) is 0.862. The van der Waals surface area contributed by atoms with Crippen LogP contribution in [0, 0.1) is 0 Å². The standard InChI is InChI=1S/C17H23N5O/c1-2-6-14(7-3-1)12-22-17(18-19-20-22)13-21-10-11-23-16-9-5-4-8-15(16)21/h1-3,6-7,15-16H,4-5,8-13H2. The Morgan fingerprint density at radius 3 is 2.87 bits per heavy atom. The number of morpholine rings is 1. The van der Waals surface area contributed by atoms with E-state index in [-0.39, 0.29) is 0 Å². The van der Waals surface area contributed by atoms with Crippen LogP contribution in [-0.4, -0.2) is 50.4 Å². The summed E-state index contributed by atoms with van der Waals surface area (Å²) in [6.45, 7) is 3.33. The van der Waals surface area contributed by atoms with Gasteiger partial charge in [-0.05, 0) is 28.8 Å². The minimum absolute atomic E-state index is 0.399. The second kappa shape index (κ2) is 6.76. The summed E-state index contributed by atoms with van der Waals surface area (Å²) in [5, 5.41) is 12.3. The van der Waals surface area contributed by atoms with Crippen LogP contribution in [0.2, 0.25) is 0 Å². The topological polar surface area (TPSA) is 56.1 Å². The van der Waals surface area contributed by atoms with Gasteiger partial charge < -0.3 is 4.74 Å². The normalized spacial score (nSPS) is 25.2. The van der Waals surface area contributed by atoms with Gasteiger partial charge in [-0.3, -0.25) is 4.90 Å². The maximum Gasteiger partial charge on any atom is 0.165 e. The van der Waals surface area contributed by atoms with Crippen LogP contribution in [-0.2, 0) is 17.8 Å². The van der Waals surface area contributed by atoms with Crippen molar-refractivity contribution in [1.82, 2.24) is 25.1 Å². The SMILES string of the molecule is c1ccc(Cn2nnnc2CN2CCOC3CCCCC32)cc1. The van der Waals surface area contributed by atoms with Gasteiger partial charge in [0, 0.05) is 12.6 Å². The summed E-state index contributed by atoms with van der Waals surface area (Å²) >= 11 is 0. The first-order valence-electron chi connectivity index (χ1n) is 8.55. The lowest BCUT2D eigenvalue weighted by Gasteiger charge is -2.43. The maximum absolute atomic E-state index is 5.96. The van der Waals surface area contributed by atoms with Crippen LogP contribution in [0.1, 0.15) is 37.1 Å². The van der Waals surface area contributed by atoms with Gasteiger partial charge in [0.2, 0.25) is 0 Å². The first kappa shape index (κ1) is 14.8. The lowest BCUT2D eigenvalue weighted by atomic mass is 9.90.